The first-order valence-corrected chi connectivity index (χ1v) is 4.63. The number of rotatable bonds is 6. The van der Waals surface area contributed by atoms with Gasteiger partial charge in [-0.1, -0.05) is 0 Å². The van der Waals surface area contributed by atoms with Gasteiger partial charge in [0.1, 0.15) is 0 Å². The first kappa shape index (κ1) is 21.7. The van der Waals surface area contributed by atoms with Gasteiger partial charge in [0.05, 0.1) is 24.0 Å². The molecular weight excluding hydrogens is 282 g/mol. The van der Waals surface area contributed by atoms with Gasteiger partial charge in [-0.25, -0.2) is 10.9 Å². The Morgan fingerprint density at radius 1 is 0.882 bits per heavy atom. The van der Waals surface area contributed by atoms with Crippen LogP contribution in [0.25, 0.3) is 0 Å². The molecule has 0 aliphatic rings. The average Bonchev–Trinajstić information content (AvgIpc) is 2.19. The molecule has 0 aromatic carbocycles. The van der Waals surface area contributed by atoms with Gasteiger partial charge < -0.3 is 19.8 Å². The zero-order chi connectivity index (χ0) is 13.1. The van der Waals surface area contributed by atoms with E-state index in [9.17, 15) is 19.8 Å². The molecule has 0 heterocycles. The quantitative estimate of drug-likeness (QED) is 0.286. The van der Waals surface area contributed by atoms with Crippen molar-refractivity contribution >= 4 is 11.9 Å². The fraction of sp³-hybridized carbons (Fsp3) is 0.750. The van der Waals surface area contributed by atoms with Crippen LogP contribution in [-0.4, -0.2) is 38.1 Å². The normalized spacial score (nSPS) is 12.5. The molecule has 4 N–H and O–H groups in total. The summed E-state index contributed by atoms with van der Waals surface area (Å²) >= 11 is 0. The number of hydrogen-bond acceptors (Lipinski definition) is 8. The molecule has 0 rings (SSSR count). The molecule has 0 aliphatic heterocycles. The van der Waals surface area contributed by atoms with Crippen molar-refractivity contribution in [3.05, 3.63) is 0 Å². The van der Waals surface area contributed by atoms with Crippen LogP contribution in [-0.2, 0) is 29.1 Å². The molecule has 0 bridgehead atoms. The molecule has 9 heteroatoms. The van der Waals surface area contributed by atoms with Crippen LogP contribution in [0.3, 0.4) is 0 Å². The Kier molecular flexibility index (Phi) is 17.2. The van der Waals surface area contributed by atoms with Gasteiger partial charge in [0, 0.05) is 0 Å². The molecule has 0 saturated heterocycles. The molecule has 17 heavy (non-hydrogen) atoms. The predicted octanol–water partition coefficient (Wildman–Crippen LogP) is -4.30. The number of nitrogens with one attached hydrogen (secondary N) is 4. The van der Waals surface area contributed by atoms with Crippen LogP contribution < -0.4 is 31.9 Å². The van der Waals surface area contributed by atoms with E-state index < -0.39 is 24.0 Å². The summed E-state index contributed by atoms with van der Waals surface area (Å²) in [7, 11) is 3.19. The van der Waals surface area contributed by atoms with E-state index >= 15 is 0 Å². The van der Waals surface area contributed by atoms with Gasteiger partial charge in [-0.3, -0.25) is 10.9 Å². The molecule has 0 saturated carbocycles. The SMILES string of the molecule is CNN[C@@H](C)C(=O)[O-].CNN[C@@H](C)C(=O)[O-].[Zn+2]. The summed E-state index contributed by atoms with van der Waals surface area (Å²) in [6.45, 7) is 2.98. The van der Waals surface area contributed by atoms with Crippen LogP contribution in [0.4, 0.5) is 0 Å². The zero-order valence-corrected chi connectivity index (χ0v) is 13.5. The third-order valence-corrected chi connectivity index (χ3v) is 1.43. The minimum Gasteiger partial charge on any atom is -0.548 e. The molecule has 2 atom stereocenters. The third-order valence-electron chi connectivity index (χ3n) is 1.43. The van der Waals surface area contributed by atoms with Gasteiger partial charge in [-0.15, -0.1) is 0 Å². The second kappa shape index (κ2) is 13.5. The van der Waals surface area contributed by atoms with E-state index in [2.05, 4.69) is 21.7 Å². The van der Waals surface area contributed by atoms with Crippen molar-refractivity contribution in [2.45, 2.75) is 25.9 Å². The van der Waals surface area contributed by atoms with Crippen LogP contribution in [0.2, 0.25) is 0 Å². The molecule has 0 aliphatic carbocycles. The summed E-state index contributed by atoms with van der Waals surface area (Å²) in [6, 6.07) is -1.28. The van der Waals surface area contributed by atoms with E-state index in [0.717, 1.165) is 0 Å². The summed E-state index contributed by atoms with van der Waals surface area (Å²) in [5.74, 6) is -2.22. The van der Waals surface area contributed by atoms with E-state index in [-0.39, 0.29) is 19.5 Å². The number of carboxylic acids is 2. The molecule has 0 fully saturated rings. The number of hydrazine groups is 2. The van der Waals surface area contributed by atoms with E-state index in [1.165, 1.54) is 13.8 Å². The first-order valence-electron chi connectivity index (χ1n) is 4.63. The maximum atomic E-state index is 9.88. The molecule has 96 valence electrons. The number of hydrogen-bond donors (Lipinski definition) is 4. The molecular formula is C8H18N4O4Zn. The Labute approximate surface area is 113 Å². The minimum atomic E-state index is -1.11. The van der Waals surface area contributed by atoms with Gasteiger partial charge in [0.2, 0.25) is 0 Å². The van der Waals surface area contributed by atoms with Gasteiger partial charge in [-0.05, 0) is 27.9 Å². The topological polar surface area (TPSA) is 128 Å². The van der Waals surface area contributed by atoms with Crippen molar-refractivity contribution < 1.29 is 39.3 Å². The van der Waals surface area contributed by atoms with Crippen LogP contribution in [0.15, 0.2) is 0 Å². The Morgan fingerprint density at radius 2 is 1.12 bits per heavy atom. The predicted molar refractivity (Wildman–Crippen MR) is 53.3 cm³/mol. The van der Waals surface area contributed by atoms with Gasteiger partial charge >= 0.3 is 19.5 Å². The molecule has 0 spiro atoms. The fourth-order valence-electron chi connectivity index (χ4n) is 0.551. The van der Waals surface area contributed by atoms with Crippen molar-refractivity contribution in [2.24, 2.45) is 0 Å². The monoisotopic (exact) mass is 298 g/mol. The van der Waals surface area contributed by atoms with Crippen LogP contribution >= 0.6 is 0 Å². The molecule has 0 amide bonds. The Balaban J connectivity index is -0.000000218. The largest absolute Gasteiger partial charge is 2.00 e. The van der Waals surface area contributed by atoms with Crippen molar-refractivity contribution in [1.82, 2.24) is 21.7 Å². The van der Waals surface area contributed by atoms with Crippen molar-refractivity contribution in [2.75, 3.05) is 14.1 Å². The fourth-order valence-corrected chi connectivity index (χ4v) is 0.551. The van der Waals surface area contributed by atoms with Crippen molar-refractivity contribution in [1.29, 1.82) is 0 Å². The first-order chi connectivity index (χ1) is 7.36. The maximum Gasteiger partial charge on any atom is 2.00 e. The standard InChI is InChI=1S/2C4H10N2O2.Zn/c2*1-3(4(7)8)6-5-2;/h2*3,5-6H,1-2H3,(H,7,8);/q;;+2/p-2/t2*3-;/m00./s1. The third kappa shape index (κ3) is 15.4. The molecule has 0 aromatic heterocycles. The van der Waals surface area contributed by atoms with Gasteiger partial charge in [0.15, 0.2) is 0 Å². The Morgan fingerprint density at radius 3 is 1.18 bits per heavy atom. The molecule has 0 radical (unpaired) electrons. The summed E-state index contributed by atoms with van der Waals surface area (Å²) in [4.78, 5) is 19.8. The molecule has 0 aromatic rings. The Bertz CT molecular complexity index is 196. The second-order valence-electron chi connectivity index (χ2n) is 2.87. The minimum absolute atomic E-state index is 0. The van der Waals surface area contributed by atoms with E-state index in [1.807, 2.05) is 0 Å². The van der Waals surface area contributed by atoms with Gasteiger partial charge in [0.25, 0.3) is 0 Å². The average molecular weight is 300 g/mol. The van der Waals surface area contributed by atoms with E-state index in [4.69, 9.17) is 0 Å². The van der Waals surface area contributed by atoms with Crippen LogP contribution in [0.1, 0.15) is 13.8 Å². The second-order valence-corrected chi connectivity index (χ2v) is 2.87. The molecule has 0 unspecified atom stereocenters. The van der Waals surface area contributed by atoms with Gasteiger partial charge in [-0.2, -0.15) is 0 Å². The molecule has 8 nitrogen and oxygen atoms in total. The Hall–Kier alpha value is -0.597. The number of carboxylic acid groups (broad SMARTS) is 2. The number of carbonyl (C=O) groups excluding carboxylic acids is 2. The zero-order valence-electron chi connectivity index (χ0n) is 10.5. The van der Waals surface area contributed by atoms with Crippen LogP contribution in [0.5, 0.6) is 0 Å². The summed E-state index contributed by atoms with van der Waals surface area (Å²) < 4.78 is 0. The van der Waals surface area contributed by atoms with Crippen molar-refractivity contribution in [3.8, 4) is 0 Å². The summed E-state index contributed by atoms with van der Waals surface area (Å²) in [5.41, 5.74) is 9.82. The van der Waals surface area contributed by atoms with E-state index in [0.29, 0.717) is 0 Å². The van der Waals surface area contributed by atoms with Crippen LogP contribution in [0, 0.1) is 0 Å². The summed E-state index contributed by atoms with van der Waals surface area (Å²) in [6.07, 6.45) is 0. The summed E-state index contributed by atoms with van der Waals surface area (Å²) in [5, 5.41) is 19.8. The van der Waals surface area contributed by atoms with E-state index in [1.54, 1.807) is 14.1 Å². The number of aliphatic carboxylic acids is 2. The number of carbonyl (C=O) groups is 2. The smallest absolute Gasteiger partial charge is 0.548 e. The maximum absolute atomic E-state index is 9.88. The van der Waals surface area contributed by atoms with Crippen molar-refractivity contribution in [3.63, 3.8) is 0 Å².